The highest BCUT2D eigenvalue weighted by Gasteiger charge is 2.44. The first-order valence-corrected chi connectivity index (χ1v) is 13.5. The third-order valence-corrected chi connectivity index (χ3v) is 9.63. The fourth-order valence-corrected chi connectivity index (χ4v) is 7.24. The van der Waals surface area contributed by atoms with Crippen molar-refractivity contribution in [1.29, 1.82) is 0 Å². The Labute approximate surface area is 198 Å². The number of ether oxygens (including phenoxy) is 1. The summed E-state index contributed by atoms with van der Waals surface area (Å²) in [7, 11) is -3.65. The number of nitrogens with zero attached hydrogens (tertiary/aromatic N) is 1. The van der Waals surface area contributed by atoms with Crippen molar-refractivity contribution in [3.63, 3.8) is 0 Å². The summed E-state index contributed by atoms with van der Waals surface area (Å²) in [5.74, 6) is -0.828. The van der Waals surface area contributed by atoms with Crippen molar-refractivity contribution in [2.45, 2.75) is 90.0 Å². The Hall–Kier alpha value is -1.93. The molecule has 0 radical (unpaired) electrons. The molecule has 0 unspecified atom stereocenters. The van der Waals surface area contributed by atoms with Gasteiger partial charge in [0, 0.05) is 19.0 Å². The maximum atomic E-state index is 13.5. The normalized spacial score (nSPS) is 19.8. The van der Waals surface area contributed by atoms with E-state index in [2.05, 4.69) is 5.32 Å². The fraction of sp³-hybridized carbons (Fsp3) is 0.680. The van der Waals surface area contributed by atoms with Gasteiger partial charge in [0.1, 0.15) is 5.54 Å². The molecule has 0 bridgehead atoms. The fourth-order valence-electron chi connectivity index (χ4n) is 5.20. The van der Waals surface area contributed by atoms with E-state index in [1.54, 1.807) is 6.92 Å². The number of aryl methyl sites for hydroxylation is 2. The molecule has 1 amide bonds. The Balaban J connectivity index is 1.72. The SMILES string of the molecule is CCOC(=O)C1(NC(=O)C2CCN(S(=O)(=O)c3c(C)c(C)cc(C)c3C)CC2)CCCCC1. The number of nitrogens with one attached hydrogen (secondary N) is 1. The lowest BCUT2D eigenvalue weighted by molar-refractivity contribution is -0.155. The first kappa shape index (κ1) is 25.7. The van der Waals surface area contributed by atoms with Gasteiger partial charge in [-0.3, -0.25) is 4.79 Å². The maximum Gasteiger partial charge on any atom is 0.331 e. The first-order valence-electron chi connectivity index (χ1n) is 12.1. The molecular formula is C25H38N2O5S. The molecule has 1 saturated carbocycles. The Bertz CT molecular complexity index is 978. The smallest absolute Gasteiger partial charge is 0.331 e. The van der Waals surface area contributed by atoms with Crippen molar-refractivity contribution >= 4 is 21.9 Å². The third kappa shape index (κ3) is 5.11. The van der Waals surface area contributed by atoms with Crippen LogP contribution in [0.5, 0.6) is 0 Å². The summed E-state index contributed by atoms with van der Waals surface area (Å²) in [5.41, 5.74) is 2.55. The van der Waals surface area contributed by atoms with Gasteiger partial charge in [-0.1, -0.05) is 25.3 Å². The first-order chi connectivity index (χ1) is 15.5. The van der Waals surface area contributed by atoms with Crippen LogP contribution in [0.3, 0.4) is 0 Å². The van der Waals surface area contributed by atoms with Gasteiger partial charge in [-0.25, -0.2) is 13.2 Å². The second-order valence-electron chi connectivity index (χ2n) is 9.62. The van der Waals surface area contributed by atoms with Crippen molar-refractivity contribution in [3.8, 4) is 0 Å². The minimum Gasteiger partial charge on any atom is -0.464 e. The number of carbonyl (C=O) groups excluding carboxylic acids is 2. The predicted molar refractivity (Wildman–Crippen MR) is 127 cm³/mol. The largest absolute Gasteiger partial charge is 0.464 e. The van der Waals surface area contributed by atoms with Gasteiger partial charge in [-0.2, -0.15) is 4.31 Å². The highest BCUT2D eigenvalue weighted by atomic mass is 32.2. The van der Waals surface area contributed by atoms with Crippen LogP contribution in [0, 0.1) is 33.6 Å². The number of hydrogen-bond donors (Lipinski definition) is 1. The zero-order chi connectivity index (χ0) is 24.4. The average Bonchev–Trinajstić information content (AvgIpc) is 2.78. The van der Waals surface area contributed by atoms with Crippen LogP contribution in [0.15, 0.2) is 11.0 Å². The second kappa shape index (κ2) is 10.1. The van der Waals surface area contributed by atoms with Crippen molar-refractivity contribution < 1.29 is 22.7 Å². The van der Waals surface area contributed by atoms with Crippen LogP contribution in [0.2, 0.25) is 0 Å². The molecule has 7 nitrogen and oxygen atoms in total. The van der Waals surface area contributed by atoms with Crippen LogP contribution >= 0.6 is 0 Å². The monoisotopic (exact) mass is 478 g/mol. The molecule has 0 spiro atoms. The molecule has 33 heavy (non-hydrogen) atoms. The van der Waals surface area contributed by atoms with Crippen LogP contribution in [0.4, 0.5) is 0 Å². The van der Waals surface area contributed by atoms with E-state index in [9.17, 15) is 18.0 Å². The highest BCUT2D eigenvalue weighted by molar-refractivity contribution is 7.89. The summed E-state index contributed by atoms with van der Waals surface area (Å²) >= 11 is 0. The van der Waals surface area contributed by atoms with E-state index in [4.69, 9.17) is 4.74 Å². The number of benzene rings is 1. The zero-order valence-electron chi connectivity index (χ0n) is 20.6. The number of esters is 1. The van der Waals surface area contributed by atoms with Gasteiger partial charge < -0.3 is 10.1 Å². The average molecular weight is 479 g/mol. The van der Waals surface area contributed by atoms with Crippen molar-refractivity contribution in [2.24, 2.45) is 5.92 Å². The Kier molecular flexibility index (Phi) is 7.89. The lowest BCUT2D eigenvalue weighted by atomic mass is 9.81. The van der Waals surface area contributed by atoms with Crippen LogP contribution in [0.1, 0.15) is 74.1 Å². The highest BCUT2D eigenvalue weighted by Crippen LogP contribution is 2.33. The van der Waals surface area contributed by atoms with Gasteiger partial charge in [0.15, 0.2) is 0 Å². The molecule has 1 aliphatic carbocycles. The molecule has 184 valence electrons. The molecule has 0 atom stereocenters. The summed E-state index contributed by atoms with van der Waals surface area (Å²) in [5, 5.41) is 3.02. The lowest BCUT2D eigenvalue weighted by Crippen LogP contribution is -2.58. The lowest BCUT2D eigenvalue weighted by Gasteiger charge is -2.38. The Morgan fingerprint density at radius 1 is 1.03 bits per heavy atom. The second-order valence-corrected chi connectivity index (χ2v) is 11.5. The zero-order valence-corrected chi connectivity index (χ0v) is 21.4. The third-order valence-electron chi connectivity index (χ3n) is 7.46. The van der Waals surface area contributed by atoms with Crippen LogP contribution in [-0.2, 0) is 24.3 Å². The van der Waals surface area contributed by atoms with E-state index < -0.39 is 15.6 Å². The molecule has 8 heteroatoms. The summed E-state index contributed by atoms with van der Waals surface area (Å²) in [6.45, 7) is 10.2. The van der Waals surface area contributed by atoms with Gasteiger partial charge in [-0.05, 0) is 82.6 Å². The summed E-state index contributed by atoms with van der Waals surface area (Å²) in [4.78, 5) is 26.2. The van der Waals surface area contributed by atoms with Gasteiger partial charge in [0.25, 0.3) is 0 Å². The molecule has 1 saturated heterocycles. The van der Waals surface area contributed by atoms with E-state index >= 15 is 0 Å². The van der Waals surface area contributed by atoms with Gasteiger partial charge in [0.2, 0.25) is 15.9 Å². The number of sulfonamides is 1. The summed E-state index contributed by atoms with van der Waals surface area (Å²) in [6, 6.07) is 2.02. The Morgan fingerprint density at radius 3 is 2.09 bits per heavy atom. The molecule has 1 aromatic rings. The molecule has 3 rings (SSSR count). The van der Waals surface area contributed by atoms with E-state index in [1.165, 1.54) is 4.31 Å². The summed E-state index contributed by atoms with van der Waals surface area (Å²) in [6.07, 6.45) is 4.87. The van der Waals surface area contributed by atoms with Crippen LogP contribution in [-0.4, -0.2) is 49.8 Å². The standard InChI is InChI=1S/C25H38N2O5S/c1-6-32-24(29)25(12-8-7-9-13-25)26-23(28)21-10-14-27(15-11-21)33(30,31)22-19(4)17(2)16-18(3)20(22)5/h16,21H,6-15H2,1-5H3,(H,26,28). The minimum atomic E-state index is -3.65. The molecule has 1 N–H and O–H groups in total. The number of rotatable bonds is 6. The number of amides is 1. The molecule has 1 aliphatic heterocycles. The predicted octanol–water partition coefficient (Wildman–Crippen LogP) is 3.70. The van der Waals surface area contributed by atoms with Gasteiger partial charge in [0.05, 0.1) is 11.5 Å². The van der Waals surface area contributed by atoms with Crippen molar-refractivity contribution in [2.75, 3.05) is 19.7 Å². The van der Waals surface area contributed by atoms with E-state index in [0.717, 1.165) is 41.5 Å². The topological polar surface area (TPSA) is 92.8 Å². The Morgan fingerprint density at radius 2 is 1.58 bits per heavy atom. The molecular weight excluding hydrogens is 440 g/mol. The van der Waals surface area contributed by atoms with E-state index in [1.807, 2.05) is 33.8 Å². The quantitative estimate of drug-likeness (QED) is 0.630. The molecule has 0 aromatic heterocycles. The van der Waals surface area contributed by atoms with Crippen molar-refractivity contribution in [3.05, 3.63) is 28.3 Å². The molecule has 2 aliphatic rings. The number of hydrogen-bond acceptors (Lipinski definition) is 5. The van der Waals surface area contributed by atoms with Gasteiger partial charge >= 0.3 is 5.97 Å². The molecule has 1 heterocycles. The number of piperidine rings is 1. The molecule has 1 aromatic carbocycles. The number of carbonyl (C=O) groups is 2. The van der Waals surface area contributed by atoms with E-state index in [0.29, 0.717) is 43.7 Å². The molecule has 2 fully saturated rings. The van der Waals surface area contributed by atoms with Crippen molar-refractivity contribution in [1.82, 2.24) is 9.62 Å². The van der Waals surface area contributed by atoms with Crippen LogP contribution in [0.25, 0.3) is 0 Å². The minimum absolute atomic E-state index is 0.166. The summed E-state index contributed by atoms with van der Waals surface area (Å²) < 4.78 is 33.8. The maximum absolute atomic E-state index is 13.5. The van der Waals surface area contributed by atoms with Crippen LogP contribution < -0.4 is 5.32 Å². The van der Waals surface area contributed by atoms with Gasteiger partial charge in [-0.15, -0.1) is 0 Å². The van der Waals surface area contributed by atoms with E-state index in [-0.39, 0.29) is 24.4 Å².